The minimum atomic E-state index is -0.365. The van der Waals surface area contributed by atoms with E-state index in [4.69, 9.17) is 11.6 Å². The van der Waals surface area contributed by atoms with Crippen molar-refractivity contribution in [3.63, 3.8) is 0 Å². The van der Waals surface area contributed by atoms with Crippen LogP contribution in [-0.2, 0) is 0 Å². The molecule has 0 radical (unpaired) electrons. The largest absolute Gasteiger partial charge is 0.334 e. The fraction of sp³-hybridized carbons (Fsp3) is 0.455. The second-order valence-corrected chi connectivity index (χ2v) is 4.29. The fourth-order valence-corrected chi connectivity index (χ4v) is 1.20. The molecule has 0 N–H and O–H groups in total. The minimum Gasteiger partial charge on any atom is -0.334 e. The number of pyridine rings is 1. The van der Waals surface area contributed by atoms with Gasteiger partial charge >= 0.3 is 0 Å². The molecule has 0 unspecified atom stereocenters. The first-order valence-electron chi connectivity index (χ1n) is 4.74. The fourth-order valence-electron chi connectivity index (χ4n) is 1.03. The molecule has 0 aliphatic carbocycles. The molecule has 0 aliphatic heterocycles. The van der Waals surface area contributed by atoms with Crippen molar-refractivity contribution < 1.29 is 4.79 Å². The Morgan fingerprint density at radius 2 is 2.20 bits per heavy atom. The molecular weight excluding hydrogens is 212 g/mol. The summed E-state index contributed by atoms with van der Waals surface area (Å²) in [6.45, 7) is 3.84. The van der Waals surface area contributed by atoms with Crippen LogP contribution in [0.4, 0.5) is 0 Å². The number of nitrogens with zero attached hydrogens (tertiary/aromatic N) is 2. The number of halogens is 1. The standard InChI is InChI=1S/C11H15ClN2O/c1-11(2,8-12)14(3)10(15)9-6-4-5-7-13-9/h4-7H,8H2,1-3H3. The Bertz CT molecular complexity index is 338. The third-order valence-corrected chi connectivity index (χ3v) is 3.08. The lowest BCUT2D eigenvalue weighted by molar-refractivity contribution is 0.0654. The van der Waals surface area contributed by atoms with Gasteiger partial charge in [-0.3, -0.25) is 9.78 Å². The van der Waals surface area contributed by atoms with E-state index in [1.54, 1.807) is 36.3 Å². The highest BCUT2D eigenvalue weighted by Crippen LogP contribution is 2.16. The van der Waals surface area contributed by atoms with Crippen molar-refractivity contribution in [1.82, 2.24) is 9.88 Å². The Balaban J connectivity index is 2.87. The molecule has 1 heterocycles. The molecule has 0 saturated heterocycles. The van der Waals surface area contributed by atoms with E-state index in [-0.39, 0.29) is 11.4 Å². The van der Waals surface area contributed by atoms with Gasteiger partial charge in [0.15, 0.2) is 0 Å². The van der Waals surface area contributed by atoms with Crippen LogP contribution in [0.2, 0.25) is 0 Å². The molecule has 0 fully saturated rings. The van der Waals surface area contributed by atoms with Crippen LogP contribution >= 0.6 is 11.6 Å². The maximum Gasteiger partial charge on any atom is 0.272 e. The van der Waals surface area contributed by atoms with E-state index < -0.39 is 0 Å². The molecule has 1 aromatic heterocycles. The summed E-state index contributed by atoms with van der Waals surface area (Å²) in [7, 11) is 1.74. The summed E-state index contributed by atoms with van der Waals surface area (Å²) in [5, 5.41) is 0. The van der Waals surface area contributed by atoms with Gasteiger partial charge in [-0.1, -0.05) is 6.07 Å². The van der Waals surface area contributed by atoms with Crippen LogP contribution in [0.25, 0.3) is 0 Å². The number of rotatable bonds is 3. The number of carbonyl (C=O) groups is 1. The zero-order valence-corrected chi connectivity index (χ0v) is 9.95. The van der Waals surface area contributed by atoms with E-state index in [1.165, 1.54) is 0 Å². The summed E-state index contributed by atoms with van der Waals surface area (Å²) in [4.78, 5) is 17.6. The molecule has 0 spiro atoms. The summed E-state index contributed by atoms with van der Waals surface area (Å²) >= 11 is 5.81. The van der Waals surface area contributed by atoms with Crippen LogP contribution in [0.5, 0.6) is 0 Å². The van der Waals surface area contributed by atoms with Crippen LogP contribution in [0, 0.1) is 0 Å². The van der Waals surface area contributed by atoms with Crippen LogP contribution in [-0.4, -0.2) is 34.3 Å². The number of hydrogen-bond donors (Lipinski definition) is 0. The van der Waals surface area contributed by atoms with E-state index in [9.17, 15) is 4.79 Å². The zero-order chi connectivity index (χ0) is 11.5. The Morgan fingerprint density at radius 1 is 1.53 bits per heavy atom. The van der Waals surface area contributed by atoms with Gasteiger partial charge in [-0.05, 0) is 26.0 Å². The molecule has 0 aliphatic rings. The van der Waals surface area contributed by atoms with Gasteiger partial charge in [0.1, 0.15) is 5.69 Å². The maximum absolute atomic E-state index is 12.0. The number of aromatic nitrogens is 1. The molecule has 0 bridgehead atoms. The highest BCUT2D eigenvalue weighted by Gasteiger charge is 2.27. The van der Waals surface area contributed by atoms with Crippen molar-refractivity contribution in [3.05, 3.63) is 30.1 Å². The van der Waals surface area contributed by atoms with E-state index in [2.05, 4.69) is 4.98 Å². The van der Waals surface area contributed by atoms with E-state index >= 15 is 0 Å². The quantitative estimate of drug-likeness (QED) is 0.741. The van der Waals surface area contributed by atoms with Crippen LogP contribution in [0.1, 0.15) is 24.3 Å². The lowest BCUT2D eigenvalue weighted by atomic mass is 10.1. The van der Waals surface area contributed by atoms with E-state index in [1.807, 2.05) is 13.8 Å². The van der Waals surface area contributed by atoms with Crippen molar-refractivity contribution in [2.24, 2.45) is 0 Å². The summed E-state index contributed by atoms with van der Waals surface area (Å²) in [5.41, 5.74) is 0.0778. The normalized spacial score (nSPS) is 11.2. The molecule has 0 atom stereocenters. The van der Waals surface area contributed by atoms with Crippen molar-refractivity contribution in [2.45, 2.75) is 19.4 Å². The number of carbonyl (C=O) groups excluding carboxylic acids is 1. The van der Waals surface area contributed by atoms with Gasteiger partial charge in [-0.15, -0.1) is 11.6 Å². The van der Waals surface area contributed by atoms with Crippen molar-refractivity contribution >= 4 is 17.5 Å². The number of amides is 1. The first kappa shape index (κ1) is 12.0. The van der Waals surface area contributed by atoms with Crippen LogP contribution in [0.3, 0.4) is 0 Å². The molecule has 15 heavy (non-hydrogen) atoms. The van der Waals surface area contributed by atoms with Gasteiger partial charge in [0.2, 0.25) is 0 Å². The maximum atomic E-state index is 12.0. The minimum absolute atomic E-state index is 0.110. The molecule has 1 aromatic rings. The number of alkyl halides is 1. The van der Waals surface area contributed by atoms with Crippen LogP contribution in [0.15, 0.2) is 24.4 Å². The highest BCUT2D eigenvalue weighted by molar-refractivity contribution is 6.18. The molecule has 3 nitrogen and oxygen atoms in total. The SMILES string of the molecule is CN(C(=O)c1ccccn1)C(C)(C)CCl. The van der Waals surface area contributed by atoms with Crippen molar-refractivity contribution in [1.29, 1.82) is 0 Å². The molecule has 4 heteroatoms. The third kappa shape index (κ3) is 2.69. The smallest absolute Gasteiger partial charge is 0.272 e. The van der Waals surface area contributed by atoms with Gasteiger partial charge in [-0.2, -0.15) is 0 Å². The van der Waals surface area contributed by atoms with Crippen molar-refractivity contribution in [3.8, 4) is 0 Å². The third-order valence-electron chi connectivity index (χ3n) is 2.42. The predicted molar refractivity (Wildman–Crippen MR) is 61.1 cm³/mol. The summed E-state index contributed by atoms with van der Waals surface area (Å²) in [5.74, 6) is 0.281. The molecule has 82 valence electrons. The summed E-state index contributed by atoms with van der Waals surface area (Å²) in [6.07, 6.45) is 1.61. The summed E-state index contributed by atoms with van der Waals surface area (Å²) < 4.78 is 0. The first-order chi connectivity index (χ1) is 6.99. The second kappa shape index (κ2) is 4.62. The van der Waals surface area contributed by atoms with Crippen LogP contribution < -0.4 is 0 Å². The highest BCUT2D eigenvalue weighted by atomic mass is 35.5. The van der Waals surface area contributed by atoms with Crippen molar-refractivity contribution in [2.75, 3.05) is 12.9 Å². The van der Waals surface area contributed by atoms with Gasteiger partial charge in [0.25, 0.3) is 5.91 Å². The average molecular weight is 227 g/mol. The molecule has 1 rings (SSSR count). The summed E-state index contributed by atoms with van der Waals surface area (Å²) in [6, 6.07) is 5.27. The van der Waals surface area contributed by atoms with Gasteiger partial charge < -0.3 is 4.90 Å². The second-order valence-electron chi connectivity index (χ2n) is 4.03. The Kier molecular flexibility index (Phi) is 3.69. The average Bonchev–Trinajstić information content (AvgIpc) is 2.28. The van der Waals surface area contributed by atoms with Gasteiger partial charge in [0, 0.05) is 19.1 Å². The van der Waals surface area contributed by atoms with Gasteiger partial charge in [-0.25, -0.2) is 0 Å². The Morgan fingerprint density at radius 3 is 2.67 bits per heavy atom. The Labute approximate surface area is 95.1 Å². The zero-order valence-electron chi connectivity index (χ0n) is 9.20. The molecule has 0 saturated carbocycles. The molecular formula is C11H15ClN2O. The first-order valence-corrected chi connectivity index (χ1v) is 5.27. The Hall–Kier alpha value is -1.09. The molecule has 1 amide bonds. The van der Waals surface area contributed by atoms with Gasteiger partial charge in [0.05, 0.1) is 5.54 Å². The number of hydrogen-bond acceptors (Lipinski definition) is 2. The lowest BCUT2D eigenvalue weighted by Crippen LogP contribution is -2.46. The lowest BCUT2D eigenvalue weighted by Gasteiger charge is -2.33. The van der Waals surface area contributed by atoms with E-state index in [0.717, 1.165) is 0 Å². The predicted octanol–water partition coefficient (Wildman–Crippen LogP) is 2.17. The topological polar surface area (TPSA) is 33.2 Å². The monoisotopic (exact) mass is 226 g/mol. The molecule has 0 aromatic carbocycles. The van der Waals surface area contributed by atoms with E-state index in [0.29, 0.717) is 11.6 Å².